The second-order valence-electron chi connectivity index (χ2n) is 9.49. The lowest BCUT2D eigenvalue weighted by Crippen LogP contribution is -2.38. The Hall–Kier alpha value is -4.35. The maximum absolute atomic E-state index is 13.4. The molecule has 1 aliphatic heterocycles. The topological polar surface area (TPSA) is 96.6 Å². The summed E-state index contributed by atoms with van der Waals surface area (Å²) in [4.78, 5) is 26.1. The van der Waals surface area contributed by atoms with Crippen LogP contribution >= 0.6 is 0 Å². The number of carbonyl (C=O) groups is 1. The van der Waals surface area contributed by atoms with Gasteiger partial charge in [-0.05, 0) is 49.2 Å². The molecule has 0 spiro atoms. The minimum atomic E-state index is -4.50. The highest BCUT2D eigenvalue weighted by atomic mass is 19.4. The van der Waals surface area contributed by atoms with E-state index in [4.69, 9.17) is 14.2 Å². The van der Waals surface area contributed by atoms with Crippen molar-refractivity contribution in [1.29, 1.82) is 0 Å². The van der Waals surface area contributed by atoms with Gasteiger partial charge in [0.2, 0.25) is 0 Å². The zero-order valence-electron chi connectivity index (χ0n) is 22.2. The van der Waals surface area contributed by atoms with Gasteiger partial charge in [0.1, 0.15) is 28.5 Å². The third-order valence-corrected chi connectivity index (χ3v) is 6.72. The Morgan fingerprint density at radius 1 is 1.07 bits per heavy atom. The van der Waals surface area contributed by atoms with Gasteiger partial charge < -0.3 is 24.4 Å². The van der Waals surface area contributed by atoms with Gasteiger partial charge in [-0.3, -0.25) is 0 Å². The fraction of sp³-hybridized carbons (Fsp3) is 0.357. The smallest absolute Gasteiger partial charge is 0.416 e. The number of nitrogens with one attached hydrogen (secondary N) is 1. The Bertz CT molecular complexity index is 1490. The SMILES string of the molecule is CCCc1nc(N2CCCN(C(=O)Nc3ccc(OC)cc3)CC2)c2c(-c3cccc(C(F)(F)F)c3)noc2n1. The zero-order valence-corrected chi connectivity index (χ0v) is 22.2. The Balaban J connectivity index is 1.43. The van der Waals surface area contributed by atoms with Crippen molar-refractivity contribution in [3.05, 3.63) is 59.9 Å². The van der Waals surface area contributed by atoms with Gasteiger partial charge in [-0.15, -0.1) is 0 Å². The summed E-state index contributed by atoms with van der Waals surface area (Å²) in [6.07, 6.45) is -2.43. The first-order valence-corrected chi connectivity index (χ1v) is 13.1. The number of methoxy groups -OCH3 is 1. The van der Waals surface area contributed by atoms with Gasteiger partial charge in [0.05, 0.1) is 12.7 Å². The number of alkyl halides is 3. The first kappa shape index (κ1) is 27.2. The first-order valence-electron chi connectivity index (χ1n) is 13.1. The van der Waals surface area contributed by atoms with Crippen LogP contribution in [0.15, 0.2) is 53.1 Å². The Morgan fingerprint density at radius 2 is 1.88 bits per heavy atom. The van der Waals surface area contributed by atoms with E-state index in [0.29, 0.717) is 67.5 Å². The first-order chi connectivity index (χ1) is 19.3. The van der Waals surface area contributed by atoms with Crippen LogP contribution in [-0.4, -0.2) is 59.3 Å². The molecule has 2 aromatic carbocycles. The molecular formula is C28H29F3N6O3. The number of ether oxygens (including phenoxy) is 1. The standard InChI is InChI=1S/C28H29F3N6O3/c1-3-6-22-33-25(23-24(35-40-26(23)34-22)18-7-4-8-19(17-18)28(29,30)31)36-13-5-14-37(16-15-36)27(38)32-20-9-11-21(39-2)12-10-20/h4,7-12,17H,3,5-6,13-16H2,1-2H3,(H,32,38). The molecule has 4 aromatic rings. The highest BCUT2D eigenvalue weighted by Gasteiger charge is 2.32. The molecule has 40 heavy (non-hydrogen) atoms. The summed E-state index contributed by atoms with van der Waals surface area (Å²) in [7, 11) is 1.58. The molecule has 2 aromatic heterocycles. The van der Waals surface area contributed by atoms with E-state index in [2.05, 4.69) is 15.5 Å². The Labute approximate surface area is 228 Å². The van der Waals surface area contributed by atoms with E-state index in [9.17, 15) is 18.0 Å². The van der Waals surface area contributed by atoms with Crippen LogP contribution in [-0.2, 0) is 12.6 Å². The highest BCUT2D eigenvalue weighted by molar-refractivity contribution is 5.98. The lowest BCUT2D eigenvalue weighted by atomic mass is 10.1. The van der Waals surface area contributed by atoms with E-state index in [1.165, 1.54) is 6.07 Å². The molecule has 1 saturated heterocycles. The average Bonchev–Trinajstić information content (AvgIpc) is 3.21. The normalized spacial score (nSPS) is 14.3. The molecule has 0 bridgehead atoms. The third kappa shape index (κ3) is 5.80. The number of fused-ring (bicyclic) bond motifs is 1. The number of nitrogens with zero attached hydrogens (tertiary/aromatic N) is 5. The highest BCUT2D eigenvalue weighted by Crippen LogP contribution is 2.37. The number of urea groups is 1. The molecule has 0 saturated carbocycles. The lowest BCUT2D eigenvalue weighted by Gasteiger charge is -2.24. The van der Waals surface area contributed by atoms with Crippen molar-refractivity contribution in [2.75, 3.05) is 43.5 Å². The van der Waals surface area contributed by atoms with Crippen LogP contribution < -0.4 is 15.0 Å². The minimum Gasteiger partial charge on any atom is -0.497 e. The van der Waals surface area contributed by atoms with Gasteiger partial charge in [-0.2, -0.15) is 18.2 Å². The number of aromatic nitrogens is 3. The van der Waals surface area contributed by atoms with Crippen LogP contribution in [0.3, 0.4) is 0 Å². The van der Waals surface area contributed by atoms with E-state index >= 15 is 0 Å². The number of amides is 2. The van der Waals surface area contributed by atoms with Crippen LogP contribution in [0.1, 0.15) is 31.2 Å². The second kappa shape index (κ2) is 11.4. The van der Waals surface area contributed by atoms with Crippen LogP contribution in [0.25, 0.3) is 22.4 Å². The molecule has 1 fully saturated rings. The Morgan fingerprint density at radius 3 is 2.60 bits per heavy atom. The fourth-order valence-corrected chi connectivity index (χ4v) is 4.69. The van der Waals surface area contributed by atoms with Gasteiger partial charge >= 0.3 is 12.2 Å². The number of rotatable bonds is 6. The lowest BCUT2D eigenvalue weighted by molar-refractivity contribution is -0.137. The molecule has 210 valence electrons. The predicted molar refractivity (Wildman–Crippen MR) is 144 cm³/mol. The van der Waals surface area contributed by atoms with E-state index in [-0.39, 0.29) is 23.0 Å². The molecule has 0 aliphatic carbocycles. The number of hydrogen-bond donors (Lipinski definition) is 1. The average molecular weight is 555 g/mol. The summed E-state index contributed by atoms with van der Waals surface area (Å²) >= 11 is 0. The molecule has 3 heterocycles. The number of carbonyl (C=O) groups excluding carboxylic acids is 1. The van der Waals surface area contributed by atoms with Crippen molar-refractivity contribution < 1.29 is 27.2 Å². The maximum Gasteiger partial charge on any atom is 0.416 e. The van der Waals surface area contributed by atoms with Crippen molar-refractivity contribution in [1.82, 2.24) is 20.0 Å². The van der Waals surface area contributed by atoms with Crippen LogP contribution in [0, 0.1) is 0 Å². The molecule has 0 radical (unpaired) electrons. The molecular weight excluding hydrogens is 525 g/mol. The molecule has 12 heteroatoms. The summed E-state index contributed by atoms with van der Waals surface area (Å²) < 4.78 is 51.0. The van der Waals surface area contributed by atoms with Crippen molar-refractivity contribution in [3.8, 4) is 17.0 Å². The Kier molecular flexibility index (Phi) is 7.76. The molecule has 0 atom stereocenters. The monoisotopic (exact) mass is 554 g/mol. The molecule has 0 unspecified atom stereocenters. The summed E-state index contributed by atoms with van der Waals surface area (Å²) in [5.74, 6) is 1.80. The maximum atomic E-state index is 13.4. The van der Waals surface area contributed by atoms with E-state index in [0.717, 1.165) is 18.6 Å². The summed E-state index contributed by atoms with van der Waals surface area (Å²) in [5, 5.41) is 7.49. The summed E-state index contributed by atoms with van der Waals surface area (Å²) in [6, 6.07) is 11.8. The van der Waals surface area contributed by atoms with Crippen LogP contribution in [0.5, 0.6) is 5.75 Å². The van der Waals surface area contributed by atoms with Gasteiger partial charge in [-0.25, -0.2) is 9.78 Å². The van der Waals surface area contributed by atoms with Gasteiger partial charge in [0, 0.05) is 43.9 Å². The summed E-state index contributed by atoms with van der Waals surface area (Å²) in [5.41, 5.74) is 0.608. The fourth-order valence-electron chi connectivity index (χ4n) is 4.69. The second-order valence-corrected chi connectivity index (χ2v) is 9.49. The van der Waals surface area contributed by atoms with Crippen molar-refractivity contribution in [3.63, 3.8) is 0 Å². The molecule has 2 amide bonds. The van der Waals surface area contributed by atoms with Crippen LogP contribution in [0.4, 0.5) is 29.5 Å². The van der Waals surface area contributed by atoms with E-state index in [1.54, 1.807) is 42.3 Å². The quantitative estimate of drug-likeness (QED) is 0.312. The van der Waals surface area contributed by atoms with Gasteiger partial charge in [0.15, 0.2) is 0 Å². The molecule has 1 aliphatic rings. The summed E-state index contributed by atoms with van der Waals surface area (Å²) in [6.45, 7) is 3.99. The van der Waals surface area contributed by atoms with Crippen molar-refractivity contribution in [2.45, 2.75) is 32.4 Å². The number of aryl methyl sites for hydroxylation is 1. The molecule has 9 nitrogen and oxygen atoms in total. The van der Waals surface area contributed by atoms with Gasteiger partial charge in [-0.1, -0.05) is 24.2 Å². The largest absolute Gasteiger partial charge is 0.497 e. The van der Waals surface area contributed by atoms with Gasteiger partial charge in [0.25, 0.3) is 5.71 Å². The molecule has 5 rings (SSSR count). The molecule has 1 N–H and O–H groups in total. The number of benzene rings is 2. The number of hydrogen-bond acceptors (Lipinski definition) is 7. The predicted octanol–water partition coefficient (Wildman–Crippen LogP) is 6.01. The van der Waals surface area contributed by atoms with Crippen molar-refractivity contribution in [2.24, 2.45) is 0 Å². The third-order valence-electron chi connectivity index (χ3n) is 6.72. The number of halogens is 3. The van der Waals surface area contributed by atoms with E-state index in [1.807, 2.05) is 11.8 Å². The van der Waals surface area contributed by atoms with Crippen LogP contribution in [0.2, 0.25) is 0 Å². The number of anilines is 2. The minimum absolute atomic E-state index is 0.221. The zero-order chi connectivity index (χ0) is 28.3. The van der Waals surface area contributed by atoms with E-state index < -0.39 is 11.7 Å². The van der Waals surface area contributed by atoms with Crippen molar-refractivity contribution >= 4 is 28.6 Å².